The molecule has 17 heavy (non-hydrogen) atoms. The summed E-state index contributed by atoms with van der Waals surface area (Å²) in [5.74, 6) is 0.931. The van der Waals surface area contributed by atoms with E-state index in [2.05, 4.69) is 24.4 Å². The Labute approximate surface area is 103 Å². The third-order valence-electron chi connectivity index (χ3n) is 3.20. The van der Waals surface area contributed by atoms with Crippen LogP contribution in [0.5, 0.6) is 5.75 Å². The molecule has 2 N–H and O–H groups in total. The van der Waals surface area contributed by atoms with Gasteiger partial charge in [-0.3, -0.25) is 0 Å². The second-order valence-corrected chi connectivity index (χ2v) is 4.79. The number of rotatable bonds is 7. The van der Waals surface area contributed by atoms with Crippen molar-refractivity contribution >= 4 is 0 Å². The molecule has 0 aliphatic heterocycles. The molecule has 3 heteroatoms. The molecule has 3 nitrogen and oxygen atoms in total. The Bertz CT molecular complexity index is 361. The fraction of sp³-hybridized carbons (Fsp3) is 0.571. The van der Waals surface area contributed by atoms with Gasteiger partial charge in [-0.05, 0) is 37.0 Å². The highest BCUT2D eigenvalue weighted by atomic mass is 16.5. The van der Waals surface area contributed by atoms with Gasteiger partial charge in [-0.1, -0.05) is 19.1 Å². The largest absolute Gasteiger partial charge is 0.494 e. The second-order valence-electron chi connectivity index (χ2n) is 4.79. The van der Waals surface area contributed by atoms with Crippen molar-refractivity contribution in [1.29, 1.82) is 0 Å². The molecule has 1 saturated carbocycles. The summed E-state index contributed by atoms with van der Waals surface area (Å²) in [4.78, 5) is 0. The van der Waals surface area contributed by atoms with E-state index in [9.17, 15) is 5.11 Å². The predicted octanol–water partition coefficient (Wildman–Crippen LogP) is 2.09. The van der Waals surface area contributed by atoms with Gasteiger partial charge in [0.15, 0.2) is 0 Å². The van der Waals surface area contributed by atoms with E-state index < -0.39 is 0 Å². The van der Waals surface area contributed by atoms with E-state index in [1.807, 2.05) is 12.1 Å². The van der Waals surface area contributed by atoms with Gasteiger partial charge in [0.2, 0.25) is 0 Å². The van der Waals surface area contributed by atoms with Crippen LogP contribution in [0.2, 0.25) is 0 Å². The summed E-state index contributed by atoms with van der Waals surface area (Å²) in [5, 5.41) is 12.6. The van der Waals surface area contributed by atoms with Crippen LogP contribution in [0.1, 0.15) is 31.7 Å². The summed E-state index contributed by atoms with van der Waals surface area (Å²) in [6.45, 7) is 3.89. The smallest absolute Gasteiger partial charge is 0.119 e. The van der Waals surface area contributed by atoms with Gasteiger partial charge in [-0.25, -0.2) is 0 Å². The minimum atomic E-state index is 0.000278. The van der Waals surface area contributed by atoms with Crippen molar-refractivity contribution in [3.8, 4) is 5.75 Å². The van der Waals surface area contributed by atoms with Gasteiger partial charge >= 0.3 is 0 Å². The number of hydrogen-bond acceptors (Lipinski definition) is 3. The Morgan fingerprint density at radius 3 is 2.88 bits per heavy atom. The van der Waals surface area contributed by atoms with E-state index in [0.29, 0.717) is 0 Å². The molecule has 0 atom stereocenters. The summed E-state index contributed by atoms with van der Waals surface area (Å²) in [7, 11) is 0. The highest BCUT2D eigenvalue weighted by Gasteiger charge is 2.41. The van der Waals surface area contributed by atoms with Crippen LogP contribution < -0.4 is 10.1 Å². The lowest BCUT2D eigenvalue weighted by Crippen LogP contribution is -2.34. The Kier molecular flexibility index (Phi) is 4.02. The maximum absolute atomic E-state index is 9.22. The molecule has 0 spiro atoms. The maximum Gasteiger partial charge on any atom is 0.119 e. The third-order valence-corrected chi connectivity index (χ3v) is 3.20. The quantitative estimate of drug-likeness (QED) is 0.760. The maximum atomic E-state index is 9.22. The zero-order chi connectivity index (χ0) is 12.1. The van der Waals surface area contributed by atoms with Crippen molar-refractivity contribution in [3.63, 3.8) is 0 Å². The van der Waals surface area contributed by atoms with Crippen molar-refractivity contribution in [2.45, 2.75) is 38.3 Å². The van der Waals surface area contributed by atoms with Crippen molar-refractivity contribution in [2.24, 2.45) is 0 Å². The molecule has 1 aromatic rings. The molecule has 1 fully saturated rings. The van der Waals surface area contributed by atoms with Gasteiger partial charge in [-0.2, -0.15) is 0 Å². The normalized spacial score (nSPS) is 16.8. The summed E-state index contributed by atoms with van der Waals surface area (Å²) in [5.41, 5.74) is 1.21. The molecule has 0 bridgehead atoms. The van der Waals surface area contributed by atoms with E-state index in [1.54, 1.807) is 0 Å². The molecular weight excluding hydrogens is 214 g/mol. The molecule has 0 amide bonds. The third kappa shape index (κ3) is 3.45. The summed E-state index contributed by atoms with van der Waals surface area (Å²) in [6, 6.07) is 8.15. The number of aliphatic hydroxyl groups excluding tert-OH is 1. The molecule has 0 saturated heterocycles. The molecular formula is C14H21NO2. The van der Waals surface area contributed by atoms with Crippen molar-refractivity contribution < 1.29 is 9.84 Å². The summed E-state index contributed by atoms with van der Waals surface area (Å²) >= 11 is 0. The lowest BCUT2D eigenvalue weighted by Gasteiger charge is -2.14. The Morgan fingerprint density at radius 2 is 2.24 bits per heavy atom. The van der Waals surface area contributed by atoms with Crippen molar-refractivity contribution in [1.82, 2.24) is 5.32 Å². The first kappa shape index (κ1) is 12.4. The molecule has 0 unspecified atom stereocenters. The van der Waals surface area contributed by atoms with Crippen LogP contribution in [-0.4, -0.2) is 23.9 Å². The van der Waals surface area contributed by atoms with Crippen LogP contribution in [0.15, 0.2) is 24.3 Å². The SMILES string of the molecule is CCCOc1cccc(CNC2(CO)CC2)c1. The zero-order valence-electron chi connectivity index (χ0n) is 10.4. The molecule has 0 radical (unpaired) electrons. The molecule has 1 aliphatic carbocycles. The number of nitrogens with one attached hydrogen (secondary N) is 1. The average Bonchev–Trinajstić information content (AvgIpc) is 3.15. The van der Waals surface area contributed by atoms with E-state index in [4.69, 9.17) is 4.74 Å². The van der Waals surface area contributed by atoms with Gasteiger partial charge in [-0.15, -0.1) is 0 Å². The summed E-state index contributed by atoms with van der Waals surface area (Å²) in [6.07, 6.45) is 3.18. The Hall–Kier alpha value is -1.06. The minimum absolute atomic E-state index is 0.000278. The molecule has 2 rings (SSSR count). The van der Waals surface area contributed by atoms with E-state index in [0.717, 1.165) is 38.2 Å². The van der Waals surface area contributed by atoms with Crippen molar-refractivity contribution in [3.05, 3.63) is 29.8 Å². The van der Waals surface area contributed by atoms with E-state index in [1.165, 1.54) is 5.56 Å². The Balaban J connectivity index is 1.87. The highest BCUT2D eigenvalue weighted by Crippen LogP contribution is 2.34. The molecule has 0 aromatic heterocycles. The van der Waals surface area contributed by atoms with Crippen LogP contribution in [0.25, 0.3) is 0 Å². The Morgan fingerprint density at radius 1 is 1.41 bits per heavy atom. The second kappa shape index (κ2) is 5.52. The topological polar surface area (TPSA) is 41.5 Å². The van der Waals surface area contributed by atoms with Crippen LogP contribution in [0.4, 0.5) is 0 Å². The highest BCUT2D eigenvalue weighted by molar-refractivity contribution is 5.28. The van der Waals surface area contributed by atoms with Crippen LogP contribution >= 0.6 is 0 Å². The predicted molar refractivity (Wildman–Crippen MR) is 68.1 cm³/mol. The van der Waals surface area contributed by atoms with Gasteiger partial charge in [0.1, 0.15) is 5.75 Å². The monoisotopic (exact) mass is 235 g/mol. The molecule has 0 heterocycles. The van der Waals surface area contributed by atoms with Crippen molar-refractivity contribution in [2.75, 3.05) is 13.2 Å². The number of benzene rings is 1. The first-order valence-corrected chi connectivity index (χ1v) is 6.36. The first-order valence-electron chi connectivity index (χ1n) is 6.36. The van der Waals surface area contributed by atoms with Gasteiger partial charge in [0.25, 0.3) is 0 Å². The molecule has 1 aliphatic rings. The van der Waals surface area contributed by atoms with E-state index >= 15 is 0 Å². The minimum Gasteiger partial charge on any atom is -0.494 e. The van der Waals surface area contributed by atoms with E-state index in [-0.39, 0.29) is 12.1 Å². The number of aliphatic hydroxyl groups is 1. The average molecular weight is 235 g/mol. The number of hydrogen-bond donors (Lipinski definition) is 2. The van der Waals surface area contributed by atoms with Gasteiger partial charge in [0, 0.05) is 12.1 Å². The van der Waals surface area contributed by atoms with Crippen LogP contribution in [0, 0.1) is 0 Å². The zero-order valence-corrected chi connectivity index (χ0v) is 10.4. The first-order chi connectivity index (χ1) is 8.28. The fourth-order valence-electron chi connectivity index (χ4n) is 1.80. The van der Waals surface area contributed by atoms with Crippen LogP contribution in [-0.2, 0) is 6.54 Å². The lowest BCUT2D eigenvalue weighted by molar-refractivity contribution is 0.229. The lowest BCUT2D eigenvalue weighted by atomic mass is 10.2. The summed E-state index contributed by atoms with van der Waals surface area (Å²) < 4.78 is 5.59. The standard InChI is InChI=1S/C14H21NO2/c1-2-8-17-13-5-3-4-12(9-13)10-15-14(11-16)6-7-14/h3-5,9,15-16H,2,6-8,10-11H2,1H3. The van der Waals surface area contributed by atoms with Crippen LogP contribution in [0.3, 0.4) is 0 Å². The molecule has 1 aromatic carbocycles. The van der Waals surface area contributed by atoms with Gasteiger partial charge < -0.3 is 15.2 Å². The van der Waals surface area contributed by atoms with Gasteiger partial charge in [0.05, 0.1) is 13.2 Å². The fourth-order valence-corrected chi connectivity index (χ4v) is 1.80. The number of ether oxygens (including phenoxy) is 1. The molecule has 94 valence electrons.